The van der Waals surface area contributed by atoms with E-state index in [2.05, 4.69) is 26.7 Å². The highest BCUT2D eigenvalue weighted by atomic mass is 16.5. The molecule has 112 valence electrons. The fourth-order valence-corrected chi connectivity index (χ4v) is 2.30. The number of hydrogen-bond acceptors (Lipinski definition) is 4. The van der Waals surface area contributed by atoms with Gasteiger partial charge in [0.1, 0.15) is 0 Å². The second kappa shape index (κ2) is 6.30. The Balaban J connectivity index is 1.98. The number of methoxy groups -OCH3 is 2. The second-order valence-electron chi connectivity index (χ2n) is 4.79. The third-order valence-corrected chi connectivity index (χ3v) is 3.36. The molecule has 2 aromatic heterocycles. The molecule has 0 bridgehead atoms. The highest BCUT2D eigenvalue weighted by molar-refractivity contribution is 5.57. The third kappa shape index (κ3) is 2.93. The standard InChI is InChI=1S/C17H17N3O2/c1-21-16-11-14(18-17(19-16)22-2)15-9-6-10-20(15)12-13-7-4-3-5-8-13/h3-11H,12H2,1-2H3. The van der Waals surface area contributed by atoms with Gasteiger partial charge in [0.2, 0.25) is 5.88 Å². The van der Waals surface area contributed by atoms with E-state index in [-0.39, 0.29) is 0 Å². The molecule has 3 rings (SSSR count). The molecule has 0 radical (unpaired) electrons. The molecule has 0 spiro atoms. The topological polar surface area (TPSA) is 49.2 Å². The van der Waals surface area contributed by atoms with Crippen molar-refractivity contribution in [3.63, 3.8) is 0 Å². The largest absolute Gasteiger partial charge is 0.481 e. The van der Waals surface area contributed by atoms with Crippen LogP contribution in [0.15, 0.2) is 54.7 Å². The normalized spacial score (nSPS) is 10.5. The first-order chi connectivity index (χ1) is 10.8. The van der Waals surface area contributed by atoms with Crippen LogP contribution in [-0.2, 0) is 6.54 Å². The summed E-state index contributed by atoms with van der Waals surface area (Å²) in [7, 11) is 3.12. The van der Waals surface area contributed by atoms with Gasteiger partial charge in [-0.25, -0.2) is 0 Å². The van der Waals surface area contributed by atoms with E-state index in [4.69, 9.17) is 9.47 Å². The number of benzene rings is 1. The zero-order valence-corrected chi connectivity index (χ0v) is 12.6. The molecule has 5 heteroatoms. The van der Waals surface area contributed by atoms with Crippen molar-refractivity contribution in [1.82, 2.24) is 14.5 Å². The van der Waals surface area contributed by atoms with E-state index in [0.29, 0.717) is 11.9 Å². The molecule has 22 heavy (non-hydrogen) atoms. The van der Waals surface area contributed by atoms with Crippen LogP contribution in [-0.4, -0.2) is 28.8 Å². The molecule has 0 atom stereocenters. The monoisotopic (exact) mass is 295 g/mol. The lowest BCUT2D eigenvalue weighted by Crippen LogP contribution is -2.03. The van der Waals surface area contributed by atoms with Crippen LogP contribution in [0.5, 0.6) is 11.9 Å². The average Bonchev–Trinajstić information content (AvgIpc) is 3.03. The Kier molecular flexibility index (Phi) is 4.05. The molecule has 0 amide bonds. The molecule has 0 saturated carbocycles. The van der Waals surface area contributed by atoms with E-state index in [1.807, 2.05) is 36.5 Å². The number of nitrogens with zero attached hydrogens (tertiary/aromatic N) is 3. The number of rotatable bonds is 5. The summed E-state index contributed by atoms with van der Waals surface area (Å²) in [4.78, 5) is 8.54. The molecule has 0 N–H and O–H groups in total. The van der Waals surface area contributed by atoms with E-state index in [1.54, 1.807) is 20.3 Å². The van der Waals surface area contributed by atoms with Crippen LogP contribution >= 0.6 is 0 Å². The van der Waals surface area contributed by atoms with Crippen molar-refractivity contribution in [2.45, 2.75) is 6.54 Å². The zero-order chi connectivity index (χ0) is 15.4. The Morgan fingerprint density at radius 1 is 0.955 bits per heavy atom. The van der Waals surface area contributed by atoms with Crippen molar-refractivity contribution in [2.75, 3.05) is 14.2 Å². The summed E-state index contributed by atoms with van der Waals surface area (Å²) in [6.07, 6.45) is 2.03. The Hall–Kier alpha value is -2.82. The predicted octanol–water partition coefficient (Wildman–Crippen LogP) is 3.01. The van der Waals surface area contributed by atoms with Gasteiger partial charge in [-0.15, -0.1) is 0 Å². The van der Waals surface area contributed by atoms with Crippen LogP contribution in [0.3, 0.4) is 0 Å². The first-order valence-electron chi connectivity index (χ1n) is 6.96. The fourth-order valence-electron chi connectivity index (χ4n) is 2.30. The number of ether oxygens (including phenoxy) is 2. The lowest BCUT2D eigenvalue weighted by atomic mass is 10.2. The highest BCUT2D eigenvalue weighted by Gasteiger charge is 2.11. The first kappa shape index (κ1) is 14.1. The minimum Gasteiger partial charge on any atom is -0.481 e. The molecule has 0 aliphatic carbocycles. The van der Waals surface area contributed by atoms with Crippen molar-refractivity contribution in [2.24, 2.45) is 0 Å². The van der Waals surface area contributed by atoms with Gasteiger partial charge in [0.15, 0.2) is 0 Å². The Labute approximate surface area is 129 Å². The molecule has 0 fully saturated rings. The number of aromatic nitrogens is 3. The van der Waals surface area contributed by atoms with E-state index >= 15 is 0 Å². The van der Waals surface area contributed by atoms with Crippen LogP contribution in [0.2, 0.25) is 0 Å². The van der Waals surface area contributed by atoms with Crippen molar-refractivity contribution in [1.29, 1.82) is 0 Å². The molecular weight excluding hydrogens is 278 g/mol. The molecule has 0 aliphatic heterocycles. The van der Waals surface area contributed by atoms with Gasteiger partial charge in [-0.05, 0) is 17.7 Å². The maximum Gasteiger partial charge on any atom is 0.320 e. The molecule has 2 heterocycles. The molecule has 0 saturated heterocycles. The average molecular weight is 295 g/mol. The minimum atomic E-state index is 0.293. The summed E-state index contributed by atoms with van der Waals surface area (Å²) >= 11 is 0. The van der Waals surface area contributed by atoms with Crippen LogP contribution in [0.4, 0.5) is 0 Å². The quantitative estimate of drug-likeness (QED) is 0.726. The smallest absolute Gasteiger partial charge is 0.320 e. The zero-order valence-electron chi connectivity index (χ0n) is 12.6. The lowest BCUT2D eigenvalue weighted by Gasteiger charge is -2.10. The van der Waals surface area contributed by atoms with Gasteiger partial charge in [-0.3, -0.25) is 0 Å². The van der Waals surface area contributed by atoms with Crippen molar-refractivity contribution >= 4 is 0 Å². The summed E-state index contributed by atoms with van der Waals surface area (Å²) in [6.45, 7) is 0.776. The molecule has 5 nitrogen and oxygen atoms in total. The molecule has 0 aliphatic rings. The maximum absolute atomic E-state index is 5.21. The minimum absolute atomic E-state index is 0.293. The SMILES string of the molecule is COc1cc(-c2cccn2Cc2ccccc2)nc(OC)n1. The van der Waals surface area contributed by atoms with E-state index in [1.165, 1.54) is 5.56 Å². The van der Waals surface area contributed by atoms with Gasteiger partial charge < -0.3 is 14.0 Å². The van der Waals surface area contributed by atoms with Gasteiger partial charge in [-0.2, -0.15) is 9.97 Å². The van der Waals surface area contributed by atoms with Crippen LogP contribution in [0.25, 0.3) is 11.4 Å². The van der Waals surface area contributed by atoms with E-state index in [0.717, 1.165) is 17.9 Å². The Morgan fingerprint density at radius 3 is 2.50 bits per heavy atom. The van der Waals surface area contributed by atoms with Crippen LogP contribution in [0, 0.1) is 0 Å². The summed E-state index contributed by atoms with van der Waals surface area (Å²) in [5.41, 5.74) is 2.99. The van der Waals surface area contributed by atoms with Crippen molar-refractivity contribution < 1.29 is 9.47 Å². The second-order valence-corrected chi connectivity index (χ2v) is 4.79. The van der Waals surface area contributed by atoms with Crippen molar-refractivity contribution in [3.05, 3.63) is 60.3 Å². The van der Waals surface area contributed by atoms with Gasteiger partial charge in [0.25, 0.3) is 0 Å². The van der Waals surface area contributed by atoms with Gasteiger partial charge >= 0.3 is 6.01 Å². The van der Waals surface area contributed by atoms with E-state index < -0.39 is 0 Å². The maximum atomic E-state index is 5.21. The molecular formula is C17H17N3O2. The predicted molar refractivity (Wildman–Crippen MR) is 84.1 cm³/mol. The van der Waals surface area contributed by atoms with Crippen LogP contribution in [0.1, 0.15) is 5.56 Å². The number of hydrogen-bond donors (Lipinski definition) is 0. The third-order valence-electron chi connectivity index (χ3n) is 3.36. The molecule has 1 aromatic carbocycles. The van der Waals surface area contributed by atoms with Gasteiger partial charge in [0.05, 0.1) is 25.6 Å². The summed E-state index contributed by atoms with van der Waals surface area (Å²) in [5.74, 6) is 0.481. The van der Waals surface area contributed by atoms with Crippen molar-refractivity contribution in [3.8, 4) is 23.3 Å². The first-order valence-corrected chi connectivity index (χ1v) is 6.96. The lowest BCUT2D eigenvalue weighted by molar-refractivity contribution is 0.352. The molecule has 3 aromatic rings. The fraction of sp³-hybridized carbons (Fsp3) is 0.176. The molecule has 0 unspecified atom stereocenters. The summed E-state index contributed by atoms with van der Waals surface area (Å²) in [6, 6.07) is 16.4. The summed E-state index contributed by atoms with van der Waals surface area (Å²) < 4.78 is 12.5. The van der Waals surface area contributed by atoms with E-state index in [9.17, 15) is 0 Å². The Bertz CT molecular complexity index is 731. The van der Waals surface area contributed by atoms with Gasteiger partial charge in [-0.1, -0.05) is 30.3 Å². The summed E-state index contributed by atoms with van der Waals surface area (Å²) in [5, 5.41) is 0. The van der Waals surface area contributed by atoms with Gasteiger partial charge in [0, 0.05) is 18.8 Å². The Morgan fingerprint density at radius 2 is 1.77 bits per heavy atom. The highest BCUT2D eigenvalue weighted by Crippen LogP contribution is 2.24. The van der Waals surface area contributed by atoms with Crippen LogP contribution < -0.4 is 9.47 Å².